The lowest BCUT2D eigenvalue weighted by Gasteiger charge is -2.31. The van der Waals surface area contributed by atoms with Crippen molar-refractivity contribution in [1.82, 2.24) is 14.6 Å². The number of thiazole rings is 1. The molecule has 0 aliphatic rings. The van der Waals surface area contributed by atoms with Gasteiger partial charge in [-0.3, -0.25) is 9.59 Å². The molecule has 1 unspecified atom stereocenters. The number of rotatable bonds is 16. The number of hydrogen-bond donors (Lipinski definition) is 2. The van der Waals surface area contributed by atoms with E-state index in [1.54, 1.807) is 35.8 Å². The topological polar surface area (TPSA) is 151 Å². The summed E-state index contributed by atoms with van der Waals surface area (Å²) in [5.41, 5.74) is 3.38. The highest BCUT2D eigenvalue weighted by molar-refractivity contribution is 7.92. The lowest BCUT2D eigenvalue weighted by molar-refractivity contribution is -0.125. The second-order valence-corrected chi connectivity index (χ2v) is 16.7. The number of Topliss-reactive ketones (excluding diaryl/α,β-unsaturated/α-hetero) is 1. The van der Waals surface area contributed by atoms with Crippen LogP contribution < -0.4 is 5.32 Å². The van der Waals surface area contributed by atoms with Gasteiger partial charge in [-0.05, 0) is 36.1 Å². The van der Waals surface area contributed by atoms with E-state index in [-0.39, 0.29) is 35.9 Å². The lowest BCUT2D eigenvalue weighted by Crippen LogP contribution is -2.52. The van der Waals surface area contributed by atoms with E-state index in [9.17, 15) is 31.5 Å². The molecule has 46 heavy (non-hydrogen) atoms. The normalized spacial score (nSPS) is 14.3. The standard InChI is InChI=1S/C33H39N3O7S3/c1-23(2)18-36(46(42,43)27-14-15-28-32(17-27)44-22-34-28)19-30(37)29(16-25-10-6-4-7-11-25)35-33(39)24(3)20-45(40,41)21-31(38)26-12-8-5-9-13-26/h4-15,17,22-24,29-30,37H,16,18-21H2,1-3H3,(H,35,39)/t24-,29?,30-/m1/s1. The van der Waals surface area contributed by atoms with Crippen molar-refractivity contribution in [3.63, 3.8) is 0 Å². The van der Waals surface area contributed by atoms with Crippen molar-refractivity contribution in [2.24, 2.45) is 11.8 Å². The van der Waals surface area contributed by atoms with Crippen molar-refractivity contribution in [3.05, 3.63) is 95.5 Å². The highest BCUT2D eigenvalue weighted by atomic mass is 32.2. The molecule has 0 fully saturated rings. The van der Waals surface area contributed by atoms with E-state index in [1.807, 2.05) is 44.2 Å². The number of fused-ring (bicyclic) bond motifs is 1. The molecule has 13 heteroatoms. The van der Waals surface area contributed by atoms with Gasteiger partial charge < -0.3 is 10.4 Å². The summed E-state index contributed by atoms with van der Waals surface area (Å²) in [4.78, 5) is 30.2. The van der Waals surface area contributed by atoms with E-state index in [2.05, 4.69) is 10.3 Å². The molecule has 3 aromatic carbocycles. The van der Waals surface area contributed by atoms with E-state index in [4.69, 9.17) is 0 Å². The lowest BCUT2D eigenvalue weighted by atomic mass is 10.00. The van der Waals surface area contributed by atoms with Crippen molar-refractivity contribution in [3.8, 4) is 0 Å². The van der Waals surface area contributed by atoms with Crippen LogP contribution in [0.4, 0.5) is 0 Å². The molecule has 0 aliphatic heterocycles. The number of carbonyl (C=O) groups excluding carboxylic acids is 2. The maximum Gasteiger partial charge on any atom is 0.243 e. The zero-order valence-electron chi connectivity index (χ0n) is 25.9. The molecule has 3 atom stereocenters. The Balaban J connectivity index is 1.52. The third kappa shape index (κ3) is 9.52. The van der Waals surface area contributed by atoms with Crippen LogP contribution in [-0.4, -0.2) is 79.7 Å². The minimum Gasteiger partial charge on any atom is -0.390 e. The van der Waals surface area contributed by atoms with Crippen LogP contribution >= 0.6 is 11.3 Å². The number of sulfone groups is 1. The van der Waals surface area contributed by atoms with Gasteiger partial charge >= 0.3 is 0 Å². The Kier molecular flexibility index (Phi) is 11.8. The second-order valence-electron chi connectivity index (χ2n) is 11.8. The first kappa shape index (κ1) is 35.4. The van der Waals surface area contributed by atoms with Gasteiger partial charge in [0.1, 0.15) is 5.75 Å². The molecule has 0 spiro atoms. The summed E-state index contributed by atoms with van der Waals surface area (Å²) in [6.07, 6.45) is -1.17. The van der Waals surface area contributed by atoms with Crippen LogP contribution in [0.5, 0.6) is 0 Å². The fraction of sp³-hybridized carbons (Fsp3) is 0.364. The van der Waals surface area contributed by atoms with Gasteiger partial charge in [-0.25, -0.2) is 21.8 Å². The zero-order chi connectivity index (χ0) is 33.5. The number of nitrogens with one attached hydrogen (secondary N) is 1. The molecule has 0 saturated carbocycles. The SMILES string of the molecule is CC(C)CN(C[C@@H](O)C(Cc1ccccc1)NC(=O)[C@H](C)CS(=O)(=O)CC(=O)c1ccccc1)S(=O)(=O)c1ccc2ncsc2c1. The van der Waals surface area contributed by atoms with Crippen LogP contribution in [0.15, 0.2) is 89.3 Å². The number of aromatic nitrogens is 1. The quantitative estimate of drug-likeness (QED) is 0.168. The van der Waals surface area contributed by atoms with E-state index in [1.165, 1.54) is 40.8 Å². The van der Waals surface area contributed by atoms with Gasteiger partial charge in [-0.2, -0.15) is 4.31 Å². The van der Waals surface area contributed by atoms with E-state index >= 15 is 0 Å². The fourth-order valence-corrected chi connectivity index (χ4v) is 9.09. The summed E-state index contributed by atoms with van der Waals surface area (Å²) in [6, 6.07) is 20.9. The van der Waals surface area contributed by atoms with Crippen LogP contribution in [0, 0.1) is 11.8 Å². The summed E-state index contributed by atoms with van der Waals surface area (Å²) >= 11 is 1.33. The molecule has 2 N–H and O–H groups in total. The number of aliphatic hydroxyl groups is 1. The van der Waals surface area contributed by atoms with Crippen molar-refractivity contribution >= 4 is 53.1 Å². The third-order valence-corrected chi connectivity index (χ3v) is 11.7. The molecule has 0 radical (unpaired) electrons. The van der Waals surface area contributed by atoms with E-state index in [0.717, 1.165) is 10.3 Å². The average molecular weight is 686 g/mol. The maximum atomic E-state index is 13.8. The third-order valence-electron chi connectivity index (χ3n) is 7.39. The Morgan fingerprint density at radius 3 is 2.22 bits per heavy atom. The highest BCUT2D eigenvalue weighted by Crippen LogP contribution is 2.25. The predicted octanol–water partition coefficient (Wildman–Crippen LogP) is 3.97. The summed E-state index contributed by atoms with van der Waals surface area (Å²) in [6.45, 7) is 4.99. The van der Waals surface area contributed by atoms with Crippen LogP contribution in [0.3, 0.4) is 0 Å². The molecule has 0 bridgehead atoms. The summed E-state index contributed by atoms with van der Waals surface area (Å²) in [7, 11) is -7.99. The molecule has 0 saturated heterocycles. The van der Waals surface area contributed by atoms with Crippen LogP contribution in [-0.2, 0) is 31.1 Å². The number of amides is 1. The van der Waals surface area contributed by atoms with E-state index in [0.29, 0.717) is 5.52 Å². The minimum absolute atomic E-state index is 0.0694. The smallest absolute Gasteiger partial charge is 0.243 e. The number of nitrogens with zero attached hydrogens (tertiary/aromatic N) is 2. The van der Waals surface area contributed by atoms with Crippen molar-refractivity contribution in [2.45, 2.75) is 44.2 Å². The molecule has 10 nitrogen and oxygen atoms in total. The summed E-state index contributed by atoms with van der Waals surface area (Å²) < 4.78 is 55.4. The van der Waals surface area contributed by atoms with Gasteiger partial charge in [-0.15, -0.1) is 11.3 Å². The first-order valence-corrected chi connectivity index (χ1v) is 19.0. The van der Waals surface area contributed by atoms with Crippen molar-refractivity contribution in [2.75, 3.05) is 24.6 Å². The van der Waals surface area contributed by atoms with Gasteiger partial charge in [-0.1, -0.05) is 81.4 Å². The Morgan fingerprint density at radius 2 is 1.57 bits per heavy atom. The molecule has 1 amide bonds. The van der Waals surface area contributed by atoms with E-state index < -0.39 is 61.1 Å². The number of carbonyl (C=O) groups is 2. The molecule has 1 aromatic heterocycles. The molecule has 246 valence electrons. The Labute approximate surface area is 274 Å². The average Bonchev–Trinajstić information content (AvgIpc) is 3.49. The van der Waals surface area contributed by atoms with Gasteiger partial charge in [0.2, 0.25) is 15.9 Å². The Hall–Kier alpha value is -3.49. The minimum atomic E-state index is -4.04. The van der Waals surface area contributed by atoms with Gasteiger partial charge in [0, 0.05) is 24.6 Å². The molecule has 4 rings (SSSR count). The number of sulfonamides is 1. The van der Waals surface area contributed by atoms with Crippen LogP contribution in [0.2, 0.25) is 0 Å². The molecule has 4 aromatic rings. The van der Waals surface area contributed by atoms with Crippen molar-refractivity contribution in [1.29, 1.82) is 0 Å². The summed E-state index contributed by atoms with van der Waals surface area (Å²) in [5, 5.41) is 14.3. The maximum absolute atomic E-state index is 13.8. The second kappa shape index (κ2) is 15.4. The number of aliphatic hydroxyl groups excluding tert-OH is 1. The van der Waals surface area contributed by atoms with Crippen LogP contribution in [0.25, 0.3) is 10.2 Å². The predicted molar refractivity (Wildman–Crippen MR) is 180 cm³/mol. The van der Waals surface area contributed by atoms with Crippen LogP contribution in [0.1, 0.15) is 36.7 Å². The highest BCUT2D eigenvalue weighted by Gasteiger charge is 2.33. The fourth-order valence-electron chi connectivity index (χ4n) is 5.06. The van der Waals surface area contributed by atoms with Crippen molar-refractivity contribution < 1.29 is 31.5 Å². The number of ketones is 1. The van der Waals surface area contributed by atoms with Gasteiger partial charge in [0.05, 0.1) is 38.5 Å². The largest absolute Gasteiger partial charge is 0.390 e. The molecule has 1 heterocycles. The Morgan fingerprint density at radius 1 is 0.913 bits per heavy atom. The zero-order valence-corrected chi connectivity index (χ0v) is 28.4. The first-order chi connectivity index (χ1) is 21.7. The number of benzene rings is 3. The Bertz CT molecular complexity index is 1840. The van der Waals surface area contributed by atoms with Gasteiger partial charge in [0.15, 0.2) is 15.6 Å². The summed E-state index contributed by atoms with van der Waals surface area (Å²) in [5.74, 6) is -3.61. The molecule has 0 aliphatic carbocycles. The monoisotopic (exact) mass is 685 g/mol. The van der Waals surface area contributed by atoms with Gasteiger partial charge in [0.25, 0.3) is 0 Å². The first-order valence-electron chi connectivity index (χ1n) is 14.9. The molecular formula is C33H39N3O7S3. The molecular weight excluding hydrogens is 647 g/mol. The number of hydrogen-bond acceptors (Lipinski definition) is 9.